The molecule has 3 nitrogen and oxygen atoms in total. The molecule has 0 N–H and O–H groups in total. The summed E-state index contributed by atoms with van der Waals surface area (Å²) in [7, 11) is 1.88. The van der Waals surface area contributed by atoms with E-state index >= 15 is 0 Å². The van der Waals surface area contributed by atoms with Crippen molar-refractivity contribution in [3.8, 4) is 0 Å². The first-order chi connectivity index (χ1) is 8.08. The van der Waals surface area contributed by atoms with Crippen molar-refractivity contribution in [2.45, 2.75) is 32.7 Å². The molecule has 0 aromatic carbocycles. The van der Waals surface area contributed by atoms with Crippen LogP contribution in [0.15, 0.2) is 11.5 Å². The van der Waals surface area contributed by atoms with E-state index < -0.39 is 0 Å². The van der Waals surface area contributed by atoms with E-state index in [0.29, 0.717) is 12.0 Å². The summed E-state index contributed by atoms with van der Waals surface area (Å²) in [5, 5.41) is 2.99. The van der Waals surface area contributed by atoms with Gasteiger partial charge in [-0.1, -0.05) is 0 Å². The van der Waals surface area contributed by atoms with Crippen molar-refractivity contribution in [3.05, 3.63) is 22.2 Å². The fourth-order valence-electron chi connectivity index (χ4n) is 1.83. The number of likely N-dealkylation sites (N-methyl/N-ethyl adjacent to an activating group) is 1. The first-order valence-corrected chi connectivity index (χ1v) is 6.83. The molecule has 2 rings (SSSR count). The van der Waals surface area contributed by atoms with Crippen molar-refractivity contribution in [3.63, 3.8) is 0 Å². The summed E-state index contributed by atoms with van der Waals surface area (Å²) < 4.78 is 0. The van der Waals surface area contributed by atoms with Gasteiger partial charge in [0.2, 0.25) is 5.91 Å². The molecular formula is C13H18N2OS. The topological polar surface area (TPSA) is 33.2 Å². The van der Waals surface area contributed by atoms with Gasteiger partial charge in [-0.15, -0.1) is 11.3 Å². The number of nitrogens with zero attached hydrogens (tertiary/aromatic N) is 2. The van der Waals surface area contributed by atoms with E-state index in [4.69, 9.17) is 0 Å². The molecule has 1 heterocycles. The Morgan fingerprint density at radius 1 is 1.65 bits per heavy atom. The molecular weight excluding hydrogens is 232 g/mol. The first-order valence-electron chi connectivity index (χ1n) is 5.95. The lowest BCUT2D eigenvalue weighted by Gasteiger charge is -2.23. The molecule has 1 aromatic rings. The monoisotopic (exact) mass is 250 g/mol. The molecule has 1 aromatic heterocycles. The van der Waals surface area contributed by atoms with E-state index in [9.17, 15) is 4.79 Å². The lowest BCUT2D eigenvalue weighted by atomic mass is 10.2. The predicted molar refractivity (Wildman–Crippen MR) is 70.8 cm³/mol. The van der Waals surface area contributed by atoms with Gasteiger partial charge in [0.15, 0.2) is 0 Å². The minimum absolute atomic E-state index is 0.0649. The van der Waals surface area contributed by atoms with E-state index in [2.05, 4.69) is 11.9 Å². The summed E-state index contributed by atoms with van der Waals surface area (Å²) >= 11 is 1.60. The highest BCUT2D eigenvalue weighted by atomic mass is 32.1. The Balaban J connectivity index is 1.93. The van der Waals surface area contributed by atoms with E-state index in [-0.39, 0.29) is 5.91 Å². The normalized spacial score (nSPS) is 17.4. The Morgan fingerprint density at radius 2 is 2.35 bits per heavy atom. The second-order valence-electron chi connectivity index (χ2n) is 4.65. The summed E-state index contributed by atoms with van der Waals surface area (Å²) in [6, 6.07) is 0.351. The Labute approximate surface area is 106 Å². The Hall–Kier alpha value is -1.16. The maximum absolute atomic E-state index is 11.9. The zero-order chi connectivity index (χ0) is 12.4. The van der Waals surface area contributed by atoms with Gasteiger partial charge in [-0.25, -0.2) is 4.98 Å². The quantitative estimate of drug-likeness (QED) is 0.770. The first kappa shape index (κ1) is 12.3. The van der Waals surface area contributed by atoms with E-state index in [0.717, 1.165) is 10.7 Å². The van der Waals surface area contributed by atoms with Crippen molar-refractivity contribution >= 4 is 23.3 Å². The molecule has 92 valence electrons. The van der Waals surface area contributed by atoms with Gasteiger partial charge in [0, 0.05) is 24.5 Å². The number of rotatable bonds is 4. The molecule has 1 saturated carbocycles. The summed E-state index contributed by atoms with van der Waals surface area (Å²) in [6.07, 6.45) is 5.93. The molecule has 0 saturated heterocycles. The average molecular weight is 250 g/mol. The fourth-order valence-corrected chi connectivity index (χ4v) is 2.41. The van der Waals surface area contributed by atoms with Crippen LogP contribution in [0.2, 0.25) is 0 Å². The third-order valence-electron chi connectivity index (χ3n) is 3.30. The van der Waals surface area contributed by atoms with Crippen LogP contribution in [-0.2, 0) is 4.79 Å². The smallest absolute Gasteiger partial charge is 0.246 e. The minimum Gasteiger partial charge on any atom is -0.339 e. The van der Waals surface area contributed by atoms with Crippen molar-refractivity contribution < 1.29 is 4.79 Å². The van der Waals surface area contributed by atoms with Gasteiger partial charge in [0.25, 0.3) is 0 Å². The van der Waals surface area contributed by atoms with Gasteiger partial charge in [-0.3, -0.25) is 4.79 Å². The van der Waals surface area contributed by atoms with Crippen LogP contribution in [0.1, 0.15) is 30.5 Å². The van der Waals surface area contributed by atoms with Crippen LogP contribution in [-0.4, -0.2) is 28.9 Å². The van der Waals surface area contributed by atoms with E-state index in [1.807, 2.05) is 24.3 Å². The zero-order valence-corrected chi connectivity index (χ0v) is 11.3. The molecule has 0 radical (unpaired) electrons. The van der Waals surface area contributed by atoms with Gasteiger partial charge in [-0.2, -0.15) is 0 Å². The van der Waals surface area contributed by atoms with E-state index in [1.54, 1.807) is 23.5 Å². The number of carbonyl (C=O) groups excluding carboxylic acids is 1. The van der Waals surface area contributed by atoms with Crippen LogP contribution in [0.25, 0.3) is 6.08 Å². The third-order valence-corrected chi connectivity index (χ3v) is 4.09. The Morgan fingerprint density at radius 3 is 2.88 bits per heavy atom. The number of carbonyl (C=O) groups is 1. The van der Waals surface area contributed by atoms with Crippen LogP contribution >= 0.6 is 11.3 Å². The summed E-state index contributed by atoms with van der Waals surface area (Å²) in [4.78, 5) is 18.0. The fraction of sp³-hybridized carbons (Fsp3) is 0.538. The number of amides is 1. The number of thiazole rings is 1. The summed E-state index contributed by atoms with van der Waals surface area (Å²) in [5.74, 6) is 0.772. The highest BCUT2D eigenvalue weighted by Crippen LogP contribution is 2.34. The van der Waals surface area contributed by atoms with Crippen LogP contribution in [0.3, 0.4) is 0 Å². The number of aryl methyl sites for hydroxylation is 1. The number of aromatic nitrogens is 1. The molecule has 1 amide bonds. The van der Waals surface area contributed by atoms with Crippen molar-refractivity contribution in [2.75, 3.05) is 7.05 Å². The standard InChI is InChI=1S/C13H18N2OS/c1-9(11-4-5-11)15(3)13(16)7-6-12-8-17-10(2)14-12/h6-9,11H,4-5H2,1-3H3/b7-6+. The zero-order valence-electron chi connectivity index (χ0n) is 10.5. The highest BCUT2D eigenvalue weighted by Gasteiger charge is 2.31. The molecule has 1 aliphatic rings. The van der Waals surface area contributed by atoms with Gasteiger partial charge in [0.05, 0.1) is 10.7 Å². The molecule has 0 aliphatic heterocycles. The van der Waals surface area contributed by atoms with Crippen LogP contribution in [0.5, 0.6) is 0 Å². The lowest BCUT2D eigenvalue weighted by Crippen LogP contribution is -2.35. The molecule has 1 unspecified atom stereocenters. The lowest BCUT2D eigenvalue weighted by molar-refractivity contribution is -0.126. The Kier molecular flexibility index (Phi) is 3.62. The minimum atomic E-state index is 0.0649. The second kappa shape index (κ2) is 5.00. The number of hydrogen-bond donors (Lipinski definition) is 0. The third kappa shape index (κ3) is 3.16. The van der Waals surface area contributed by atoms with Crippen LogP contribution in [0, 0.1) is 12.8 Å². The Bertz CT molecular complexity index is 434. The van der Waals surface area contributed by atoms with Crippen molar-refractivity contribution in [2.24, 2.45) is 5.92 Å². The second-order valence-corrected chi connectivity index (χ2v) is 5.71. The summed E-state index contributed by atoms with van der Waals surface area (Å²) in [6.45, 7) is 4.08. The SMILES string of the molecule is Cc1nc(/C=C/C(=O)N(C)C(C)C2CC2)cs1. The van der Waals surface area contributed by atoms with Gasteiger partial charge in [0.1, 0.15) is 0 Å². The number of hydrogen-bond acceptors (Lipinski definition) is 3. The molecule has 1 aliphatic carbocycles. The molecule has 1 atom stereocenters. The van der Waals surface area contributed by atoms with Crippen molar-refractivity contribution in [1.82, 2.24) is 9.88 Å². The van der Waals surface area contributed by atoms with Crippen LogP contribution in [0.4, 0.5) is 0 Å². The molecule has 4 heteroatoms. The maximum atomic E-state index is 11.9. The molecule has 1 fully saturated rings. The summed E-state index contributed by atoms with van der Waals surface area (Å²) in [5.41, 5.74) is 0.869. The van der Waals surface area contributed by atoms with Crippen molar-refractivity contribution in [1.29, 1.82) is 0 Å². The molecule has 17 heavy (non-hydrogen) atoms. The van der Waals surface area contributed by atoms with Gasteiger partial charge in [-0.05, 0) is 38.7 Å². The molecule has 0 spiro atoms. The van der Waals surface area contributed by atoms with Gasteiger partial charge >= 0.3 is 0 Å². The average Bonchev–Trinajstić information content (AvgIpc) is 3.08. The van der Waals surface area contributed by atoms with Crippen LogP contribution < -0.4 is 0 Å². The van der Waals surface area contributed by atoms with E-state index in [1.165, 1.54) is 12.8 Å². The van der Waals surface area contributed by atoms with Gasteiger partial charge < -0.3 is 4.90 Å². The highest BCUT2D eigenvalue weighted by molar-refractivity contribution is 7.09. The largest absolute Gasteiger partial charge is 0.339 e. The predicted octanol–water partition coefficient (Wildman–Crippen LogP) is 2.72. The molecule has 0 bridgehead atoms. The maximum Gasteiger partial charge on any atom is 0.246 e.